The van der Waals surface area contributed by atoms with Crippen LogP contribution in [0.25, 0.3) is 0 Å². The van der Waals surface area contributed by atoms with Gasteiger partial charge in [0.2, 0.25) is 0 Å². The van der Waals surface area contributed by atoms with Crippen LogP contribution in [0.3, 0.4) is 0 Å². The van der Waals surface area contributed by atoms with Crippen LogP contribution >= 0.6 is 0 Å². The molecular weight excluding hydrogens is 407 g/mol. The van der Waals surface area contributed by atoms with E-state index in [2.05, 4.69) is 0 Å². The molecule has 0 radical (unpaired) electrons. The summed E-state index contributed by atoms with van der Waals surface area (Å²) in [4.78, 5) is 24.7. The summed E-state index contributed by atoms with van der Waals surface area (Å²) in [5.74, 6) is -2.49. The maximum Gasteiger partial charge on any atom is 0.471 e. The molecule has 0 aliphatic rings. The molecule has 0 aromatic heterocycles. The summed E-state index contributed by atoms with van der Waals surface area (Å²) in [7, 11) is 0. The zero-order valence-corrected chi connectivity index (χ0v) is 18.2. The summed E-state index contributed by atoms with van der Waals surface area (Å²) >= 11 is 0. The van der Waals surface area contributed by atoms with Crippen LogP contribution in [-0.2, 0) is 16.1 Å². The molecule has 0 atom stereocenters. The van der Waals surface area contributed by atoms with E-state index in [9.17, 15) is 22.8 Å². The smallest absolute Gasteiger partial charge is 0.457 e. The highest BCUT2D eigenvalue weighted by molar-refractivity contribution is 5.98. The maximum atomic E-state index is 13.0. The first kappa shape index (κ1) is 26.2. The summed E-state index contributed by atoms with van der Waals surface area (Å²) in [5.41, 5.74) is 1.13. The number of esters is 1. The quantitative estimate of drug-likeness (QED) is 0.330. The van der Waals surface area contributed by atoms with E-state index in [-0.39, 0.29) is 24.4 Å². The average molecular weight is 438 g/mol. The van der Waals surface area contributed by atoms with Crippen LogP contribution in [0.2, 0.25) is 0 Å². The third-order valence-corrected chi connectivity index (χ3v) is 4.35. The van der Waals surface area contributed by atoms with Crippen LogP contribution in [-0.4, -0.2) is 24.6 Å². The van der Waals surface area contributed by atoms with E-state index < -0.39 is 18.1 Å². The molecule has 7 heteroatoms. The van der Waals surface area contributed by atoms with Crippen LogP contribution < -0.4 is 4.90 Å². The number of unbranched alkanes of at least 4 members (excludes halogenated alkanes) is 3. The van der Waals surface area contributed by atoms with Gasteiger partial charge in [0.1, 0.15) is 6.61 Å². The molecule has 2 aromatic rings. The van der Waals surface area contributed by atoms with Gasteiger partial charge in [-0.15, -0.1) is 0 Å². The zero-order chi connectivity index (χ0) is 23.3. The number of anilines is 1. The fourth-order valence-electron chi connectivity index (χ4n) is 2.78. The SMILES string of the molecule is CC.CCCCCCN(C(=O)C(F)(F)F)c1ccc(C(=O)OCc2ccccc2)cc1. The van der Waals surface area contributed by atoms with Gasteiger partial charge in [-0.05, 0) is 36.2 Å². The fourth-order valence-corrected chi connectivity index (χ4v) is 2.78. The average Bonchev–Trinajstić information content (AvgIpc) is 2.79. The lowest BCUT2D eigenvalue weighted by Gasteiger charge is -2.24. The monoisotopic (exact) mass is 437 g/mol. The van der Waals surface area contributed by atoms with Gasteiger partial charge < -0.3 is 9.64 Å². The number of halogens is 3. The molecule has 31 heavy (non-hydrogen) atoms. The van der Waals surface area contributed by atoms with Gasteiger partial charge >= 0.3 is 18.1 Å². The minimum absolute atomic E-state index is 0.0316. The van der Waals surface area contributed by atoms with Crippen molar-refractivity contribution >= 4 is 17.6 Å². The van der Waals surface area contributed by atoms with E-state index >= 15 is 0 Å². The van der Waals surface area contributed by atoms with Crippen LogP contribution in [0, 0.1) is 0 Å². The van der Waals surface area contributed by atoms with Gasteiger partial charge in [-0.3, -0.25) is 4.79 Å². The fraction of sp³-hybridized carbons (Fsp3) is 0.417. The normalized spacial score (nSPS) is 10.6. The Hall–Kier alpha value is -2.83. The van der Waals surface area contributed by atoms with Crippen molar-refractivity contribution in [2.24, 2.45) is 0 Å². The van der Waals surface area contributed by atoms with Gasteiger partial charge in [0, 0.05) is 12.2 Å². The maximum absolute atomic E-state index is 13.0. The van der Waals surface area contributed by atoms with Crippen LogP contribution in [0.1, 0.15) is 62.4 Å². The third-order valence-electron chi connectivity index (χ3n) is 4.35. The standard InChI is InChI=1S/C22H24F3NO3.C2H6/c1-2-3-4-8-15-26(21(28)22(23,24)25)19-13-11-18(12-14-19)20(27)29-16-17-9-6-5-7-10-17;1-2/h5-7,9-14H,2-4,8,15-16H2,1H3;1-2H3. The van der Waals surface area contributed by atoms with E-state index in [1.165, 1.54) is 24.3 Å². The Balaban J connectivity index is 0.00000233. The Morgan fingerprint density at radius 1 is 0.903 bits per heavy atom. The van der Waals surface area contributed by atoms with Crippen molar-refractivity contribution in [3.63, 3.8) is 0 Å². The predicted octanol–water partition coefficient (Wildman–Crippen LogP) is 6.55. The number of benzene rings is 2. The van der Waals surface area contributed by atoms with Gasteiger partial charge in [0.05, 0.1) is 5.56 Å². The molecule has 0 aliphatic heterocycles. The zero-order valence-electron chi connectivity index (χ0n) is 18.2. The van der Waals surface area contributed by atoms with Gasteiger partial charge in [-0.1, -0.05) is 70.4 Å². The van der Waals surface area contributed by atoms with Crippen LogP contribution in [0.15, 0.2) is 54.6 Å². The van der Waals surface area contributed by atoms with Crippen molar-refractivity contribution in [3.05, 3.63) is 65.7 Å². The molecule has 0 heterocycles. The molecule has 2 aromatic carbocycles. The number of rotatable bonds is 9. The number of alkyl halides is 3. The van der Waals surface area contributed by atoms with E-state index in [1.807, 2.05) is 51.1 Å². The number of hydrogen-bond donors (Lipinski definition) is 0. The second-order valence-corrected chi connectivity index (χ2v) is 6.62. The molecule has 0 aliphatic carbocycles. The number of ether oxygens (including phenoxy) is 1. The Morgan fingerprint density at radius 2 is 1.52 bits per heavy atom. The summed E-state index contributed by atoms with van der Waals surface area (Å²) in [6.45, 7) is 6.06. The van der Waals surface area contributed by atoms with E-state index in [0.717, 1.165) is 29.7 Å². The Kier molecular flexibility index (Phi) is 11.4. The lowest BCUT2D eigenvalue weighted by Crippen LogP contribution is -2.41. The molecule has 0 fully saturated rings. The minimum atomic E-state index is -4.96. The highest BCUT2D eigenvalue weighted by atomic mass is 19.4. The predicted molar refractivity (Wildman–Crippen MR) is 116 cm³/mol. The van der Waals surface area contributed by atoms with Crippen molar-refractivity contribution in [1.29, 1.82) is 0 Å². The molecule has 4 nitrogen and oxygen atoms in total. The molecule has 170 valence electrons. The van der Waals surface area contributed by atoms with Gasteiger partial charge in [-0.2, -0.15) is 13.2 Å². The molecule has 0 unspecified atom stereocenters. The van der Waals surface area contributed by atoms with Crippen molar-refractivity contribution in [2.45, 2.75) is 59.2 Å². The Morgan fingerprint density at radius 3 is 2.06 bits per heavy atom. The van der Waals surface area contributed by atoms with Gasteiger partial charge in [0.25, 0.3) is 0 Å². The Labute approximate surface area is 182 Å². The minimum Gasteiger partial charge on any atom is -0.457 e. The topological polar surface area (TPSA) is 46.6 Å². The first-order valence-electron chi connectivity index (χ1n) is 10.5. The summed E-state index contributed by atoms with van der Waals surface area (Å²) in [6, 6.07) is 14.5. The summed E-state index contributed by atoms with van der Waals surface area (Å²) in [6.07, 6.45) is -1.93. The number of hydrogen-bond acceptors (Lipinski definition) is 3. The molecule has 0 bridgehead atoms. The van der Waals surface area contributed by atoms with Crippen molar-refractivity contribution in [1.82, 2.24) is 0 Å². The van der Waals surface area contributed by atoms with Crippen LogP contribution in [0.5, 0.6) is 0 Å². The first-order chi connectivity index (χ1) is 14.8. The van der Waals surface area contributed by atoms with E-state index in [0.29, 0.717) is 6.42 Å². The summed E-state index contributed by atoms with van der Waals surface area (Å²) < 4.78 is 44.1. The van der Waals surface area contributed by atoms with E-state index in [4.69, 9.17) is 4.74 Å². The molecule has 2 rings (SSSR count). The molecule has 0 N–H and O–H groups in total. The first-order valence-corrected chi connectivity index (χ1v) is 10.5. The molecule has 0 spiro atoms. The highest BCUT2D eigenvalue weighted by Crippen LogP contribution is 2.25. The number of carbonyl (C=O) groups is 2. The molecular formula is C24H30F3NO3. The third kappa shape index (κ3) is 8.82. The second kappa shape index (κ2) is 13.5. The van der Waals surface area contributed by atoms with Crippen molar-refractivity contribution < 1.29 is 27.5 Å². The van der Waals surface area contributed by atoms with Gasteiger partial charge in [0.15, 0.2) is 0 Å². The second-order valence-electron chi connectivity index (χ2n) is 6.62. The van der Waals surface area contributed by atoms with Gasteiger partial charge in [-0.25, -0.2) is 4.79 Å². The summed E-state index contributed by atoms with van der Waals surface area (Å²) in [5, 5.41) is 0. The lowest BCUT2D eigenvalue weighted by molar-refractivity contribution is -0.170. The van der Waals surface area contributed by atoms with E-state index in [1.54, 1.807) is 0 Å². The number of nitrogens with zero attached hydrogens (tertiary/aromatic N) is 1. The molecule has 1 amide bonds. The molecule has 0 saturated carbocycles. The lowest BCUT2D eigenvalue weighted by atomic mass is 10.1. The largest absolute Gasteiger partial charge is 0.471 e. The van der Waals surface area contributed by atoms with Crippen molar-refractivity contribution in [2.75, 3.05) is 11.4 Å². The van der Waals surface area contributed by atoms with Crippen LogP contribution in [0.4, 0.5) is 18.9 Å². The van der Waals surface area contributed by atoms with Crippen molar-refractivity contribution in [3.8, 4) is 0 Å². The number of carbonyl (C=O) groups excluding carboxylic acids is 2. The Bertz CT molecular complexity index is 790. The number of amides is 1. The highest BCUT2D eigenvalue weighted by Gasteiger charge is 2.42. The molecule has 0 saturated heterocycles.